The second-order valence-electron chi connectivity index (χ2n) is 4.06. The molecule has 2 aromatic rings. The molecule has 2 rings (SSSR count). The van der Waals surface area contributed by atoms with Gasteiger partial charge < -0.3 is 5.32 Å². The van der Waals surface area contributed by atoms with Gasteiger partial charge in [0.05, 0.1) is 5.56 Å². The summed E-state index contributed by atoms with van der Waals surface area (Å²) in [5.74, 6) is -0.321. The molecule has 1 N–H and O–H groups in total. The number of rotatable bonds is 3. The predicted octanol–water partition coefficient (Wildman–Crippen LogP) is 4.46. The highest BCUT2D eigenvalue weighted by molar-refractivity contribution is 5.45. The highest BCUT2D eigenvalue weighted by Gasteiger charge is 2.29. The Kier molecular flexibility index (Phi) is 3.74. The first-order chi connectivity index (χ1) is 8.95. The minimum atomic E-state index is -4.32. The van der Waals surface area contributed by atoms with E-state index in [9.17, 15) is 17.6 Å². The lowest BCUT2D eigenvalue weighted by molar-refractivity contribution is -0.137. The third-order valence-electron chi connectivity index (χ3n) is 2.62. The van der Waals surface area contributed by atoms with Crippen LogP contribution >= 0.6 is 0 Å². The van der Waals surface area contributed by atoms with E-state index in [0.717, 1.165) is 17.7 Å². The van der Waals surface area contributed by atoms with Crippen LogP contribution in [0.1, 0.15) is 11.1 Å². The van der Waals surface area contributed by atoms with E-state index in [1.807, 2.05) is 0 Å². The lowest BCUT2D eigenvalue weighted by Gasteiger charge is -2.09. The number of benzene rings is 2. The average molecular weight is 269 g/mol. The summed E-state index contributed by atoms with van der Waals surface area (Å²) in [6, 6.07) is 10.7. The molecule has 100 valence electrons. The summed E-state index contributed by atoms with van der Waals surface area (Å²) in [5.41, 5.74) is 0.749. The third kappa shape index (κ3) is 3.71. The fourth-order valence-electron chi connectivity index (χ4n) is 1.58. The molecule has 0 saturated carbocycles. The van der Waals surface area contributed by atoms with Crippen LogP contribution in [0.2, 0.25) is 0 Å². The van der Waals surface area contributed by atoms with Crippen LogP contribution in [0.15, 0.2) is 48.5 Å². The topological polar surface area (TPSA) is 12.0 Å². The van der Waals surface area contributed by atoms with E-state index >= 15 is 0 Å². The van der Waals surface area contributed by atoms with Crippen molar-refractivity contribution in [1.29, 1.82) is 0 Å². The van der Waals surface area contributed by atoms with Gasteiger partial charge in [-0.2, -0.15) is 13.2 Å². The van der Waals surface area contributed by atoms with Crippen molar-refractivity contribution in [1.82, 2.24) is 0 Å². The van der Waals surface area contributed by atoms with Gasteiger partial charge in [0.1, 0.15) is 5.82 Å². The quantitative estimate of drug-likeness (QED) is 0.811. The van der Waals surface area contributed by atoms with Gasteiger partial charge >= 0.3 is 6.18 Å². The van der Waals surface area contributed by atoms with E-state index in [2.05, 4.69) is 5.32 Å². The Morgan fingerprint density at radius 3 is 1.95 bits per heavy atom. The number of hydrogen-bond donors (Lipinski definition) is 1. The second-order valence-corrected chi connectivity index (χ2v) is 4.06. The molecule has 5 heteroatoms. The van der Waals surface area contributed by atoms with Crippen molar-refractivity contribution >= 4 is 5.69 Å². The summed E-state index contributed by atoms with van der Waals surface area (Å²) in [6.45, 7) is 0.422. The zero-order chi connectivity index (χ0) is 13.9. The smallest absolute Gasteiger partial charge is 0.381 e. The van der Waals surface area contributed by atoms with E-state index in [4.69, 9.17) is 0 Å². The molecule has 0 unspecified atom stereocenters. The number of hydrogen-bond acceptors (Lipinski definition) is 1. The molecule has 0 bridgehead atoms. The van der Waals surface area contributed by atoms with Crippen molar-refractivity contribution in [3.05, 3.63) is 65.5 Å². The molecule has 0 atom stereocenters. The molecule has 0 amide bonds. The second kappa shape index (κ2) is 5.30. The van der Waals surface area contributed by atoms with E-state index in [1.165, 1.54) is 24.3 Å². The molecule has 0 aromatic heterocycles. The molecule has 0 radical (unpaired) electrons. The van der Waals surface area contributed by atoms with Crippen LogP contribution in [0.3, 0.4) is 0 Å². The van der Waals surface area contributed by atoms with Crippen molar-refractivity contribution in [3.8, 4) is 0 Å². The molecule has 1 nitrogen and oxygen atoms in total. The Balaban J connectivity index is 1.98. The van der Waals surface area contributed by atoms with E-state index in [-0.39, 0.29) is 5.82 Å². The number of anilines is 1. The summed E-state index contributed by atoms with van der Waals surface area (Å²) >= 11 is 0. The van der Waals surface area contributed by atoms with Crippen LogP contribution in [0, 0.1) is 5.82 Å². The highest BCUT2D eigenvalue weighted by atomic mass is 19.4. The van der Waals surface area contributed by atoms with Crippen LogP contribution in [0.5, 0.6) is 0 Å². The maximum Gasteiger partial charge on any atom is 0.416 e. The van der Waals surface area contributed by atoms with Gasteiger partial charge in [0.25, 0.3) is 0 Å². The first-order valence-electron chi connectivity index (χ1n) is 5.61. The van der Waals surface area contributed by atoms with Crippen molar-refractivity contribution in [2.24, 2.45) is 0 Å². The van der Waals surface area contributed by atoms with Gasteiger partial charge in [0.2, 0.25) is 0 Å². The minimum absolute atomic E-state index is 0.321. The van der Waals surface area contributed by atoms with Crippen LogP contribution in [-0.2, 0) is 12.7 Å². The fourth-order valence-corrected chi connectivity index (χ4v) is 1.58. The van der Waals surface area contributed by atoms with Gasteiger partial charge in [-0.05, 0) is 42.0 Å². The standard InChI is InChI=1S/C14H11F4N/c15-12-5-1-10(2-6-12)9-19-13-7-3-11(4-8-13)14(16,17)18/h1-8,19H,9H2. The zero-order valence-corrected chi connectivity index (χ0v) is 9.84. The van der Waals surface area contributed by atoms with Crippen molar-refractivity contribution < 1.29 is 17.6 Å². The normalized spacial score (nSPS) is 11.4. The Bertz CT molecular complexity index is 529. The van der Waals surface area contributed by atoms with Gasteiger partial charge in [-0.25, -0.2) is 4.39 Å². The minimum Gasteiger partial charge on any atom is -0.381 e. The van der Waals surface area contributed by atoms with Gasteiger partial charge in [0.15, 0.2) is 0 Å². The zero-order valence-electron chi connectivity index (χ0n) is 9.84. The summed E-state index contributed by atoms with van der Waals surface area (Å²) in [6.07, 6.45) is -4.32. The molecule has 2 aromatic carbocycles. The monoisotopic (exact) mass is 269 g/mol. The maximum absolute atomic E-state index is 12.7. The van der Waals surface area contributed by atoms with Crippen LogP contribution < -0.4 is 5.32 Å². The van der Waals surface area contributed by atoms with Crippen molar-refractivity contribution in [2.75, 3.05) is 5.32 Å². The molecular weight excluding hydrogens is 258 g/mol. The van der Waals surface area contributed by atoms with Crippen molar-refractivity contribution in [2.45, 2.75) is 12.7 Å². The molecular formula is C14H11F4N. The maximum atomic E-state index is 12.7. The van der Waals surface area contributed by atoms with Crippen LogP contribution in [0.4, 0.5) is 23.2 Å². The van der Waals surface area contributed by atoms with Gasteiger partial charge in [-0.1, -0.05) is 12.1 Å². The Labute approximate surface area is 107 Å². The van der Waals surface area contributed by atoms with E-state index in [0.29, 0.717) is 12.2 Å². The first kappa shape index (κ1) is 13.4. The van der Waals surface area contributed by atoms with E-state index < -0.39 is 11.7 Å². The summed E-state index contributed by atoms with van der Waals surface area (Å²) in [7, 11) is 0. The summed E-state index contributed by atoms with van der Waals surface area (Å²) in [4.78, 5) is 0. The highest BCUT2D eigenvalue weighted by Crippen LogP contribution is 2.29. The molecule has 0 heterocycles. The Morgan fingerprint density at radius 2 is 1.42 bits per heavy atom. The SMILES string of the molecule is Fc1ccc(CNc2ccc(C(F)(F)F)cc2)cc1. The average Bonchev–Trinajstić information content (AvgIpc) is 2.37. The first-order valence-corrected chi connectivity index (χ1v) is 5.61. The molecule has 0 aliphatic carbocycles. The molecule has 0 spiro atoms. The number of halogens is 4. The molecule has 19 heavy (non-hydrogen) atoms. The van der Waals surface area contributed by atoms with Gasteiger partial charge in [-0.3, -0.25) is 0 Å². The van der Waals surface area contributed by atoms with Gasteiger partial charge in [0, 0.05) is 12.2 Å². The lowest BCUT2D eigenvalue weighted by atomic mass is 10.2. The number of nitrogens with one attached hydrogen (secondary N) is 1. The molecule has 0 aliphatic heterocycles. The molecule has 0 saturated heterocycles. The Morgan fingerprint density at radius 1 is 0.842 bits per heavy atom. The number of alkyl halides is 3. The van der Waals surface area contributed by atoms with Crippen LogP contribution in [-0.4, -0.2) is 0 Å². The van der Waals surface area contributed by atoms with E-state index in [1.54, 1.807) is 12.1 Å². The molecule has 0 fully saturated rings. The van der Waals surface area contributed by atoms with Crippen LogP contribution in [0.25, 0.3) is 0 Å². The summed E-state index contributed by atoms with van der Waals surface area (Å²) in [5, 5.41) is 2.97. The largest absolute Gasteiger partial charge is 0.416 e. The lowest BCUT2D eigenvalue weighted by Crippen LogP contribution is -2.05. The van der Waals surface area contributed by atoms with Crippen molar-refractivity contribution in [3.63, 3.8) is 0 Å². The summed E-state index contributed by atoms with van der Waals surface area (Å²) < 4.78 is 49.7. The molecule has 0 aliphatic rings. The predicted molar refractivity (Wildman–Crippen MR) is 65.2 cm³/mol. The Hall–Kier alpha value is -2.04. The fraction of sp³-hybridized carbons (Fsp3) is 0.143. The van der Waals surface area contributed by atoms with Gasteiger partial charge in [-0.15, -0.1) is 0 Å². The third-order valence-corrected chi connectivity index (χ3v) is 2.62.